The van der Waals surface area contributed by atoms with Gasteiger partial charge in [-0.3, -0.25) is 4.79 Å². The summed E-state index contributed by atoms with van der Waals surface area (Å²) in [6.45, 7) is 16.4. The normalized spacial score (nSPS) is 14.3. The largest absolute Gasteiger partial charge is 0.493 e. The molecule has 5 nitrogen and oxygen atoms in total. The van der Waals surface area contributed by atoms with Gasteiger partial charge in [-0.05, 0) is 74.9 Å². The van der Waals surface area contributed by atoms with Crippen molar-refractivity contribution in [3.8, 4) is 23.0 Å². The van der Waals surface area contributed by atoms with Gasteiger partial charge in [-0.25, -0.2) is 0 Å². The highest BCUT2D eigenvalue weighted by atomic mass is 16.6. The number of esters is 1. The molecule has 0 bridgehead atoms. The summed E-state index contributed by atoms with van der Waals surface area (Å²) in [6, 6.07) is 12.2. The molecule has 0 heterocycles. The van der Waals surface area contributed by atoms with E-state index in [1.807, 2.05) is 52.8 Å². The zero-order valence-electron chi connectivity index (χ0n) is 23.3. The van der Waals surface area contributed by atoms with E-state index in [0.29, 0.717) is 23.2 Å². The zero-order chi connectivity index (χ0) is 26.4. The Morgan fingerprint density at radius 3 is 1.77 bits per heavy atom. The smallest absolute Gasteiger partial charge is 0.313 e. The highest BCUT2D eigenvalue weighted by Gasteiger charge is 2.36. The molecule has 0 N–H and O–H groups in total. The predicted octanol–water partition coefficient (Wildman–Crippen LogP) is 7.57. The van der Waals surface area contributed by atoms with E-state index in [1.54, 1.807) is 14.2 Å². The molecule has 5 heteroatoms. The molecular weight excluding hydrogens is 440 g/mol. The van der Waals surface area contributed by atoms with Crippen LogP contribution in [0.25, 0.3) is 0 Å². The summed E-state index contributed by atoms with van der Waals surface area (Å²) in [7, 11) is 3.29. The first kappa shape index (κ1) is 28.5. The van der Waals surface area contributed by atoms with E-state index in [9.17, 15) is 4.79 Å². The van der Waals surface area contributed by atoms with Gasteiger partial charge in [0.1, 0.15) is 5.60 Å². The van der Waals surface area contributed by atoms with Crippen LogP contribution in [0.15, 0.2) is 36.4 Å². The number of rotatable bonds is 11. The molecule has 0 saturated carbocycles. The van der Waals surface area contributed by atoms with Crippen LogP contribution >= 0.6 is 0 Å². The standard InChI is InChI=1S/C30H44O5/c1-11-21(5)19-30(12-2,23-14-16-25(27(18-23)33-10)35-29(6,7)8)22-13-15-24(26(17-22)32-9)34-28(31)20(3)4/h13-18,20-21H,11-12,19H2,1-10H3. The van der Waals surface area contributed by atoms with Gasteiger partial charge in [0.25, 0.3) is 0 Å². The molecule has 0 aliphatic heterocycles. The van der Waals surface area contributed by atoms with Crippen molar-refractivity contribution in [2.75, 3.05) is 14.2 Å². The number of hydrogen-bond donors (Lipinski definition) is 0. The lowest BCUT2D eigenvalue weighted by Crippen LogP contribution is -2.30. The predicted molar refractivity (Wildman–Crippen MR) is 142 cm³/mol. The molecule has 0 spiro atoms. The maximum Gasteiger partial charge on any atom is 0.313 e. The SMILES string of the molecule is CCC(C)CC(CC)(c1ccc(OC(=O)C(C)C)c(OC)c1)c1ccc(OC(C)(C)C)c(OC)c1. The lowest BCUT2D eigenvalue weighted by Gasteiger charge is -2.37. The zero-order valence-corrected chi connectivity index (χ0v) is 23.3. The Kier molecular flexibility index (Phi) is 9.65. The van der Waals surface area contributed by atoms with E-state index < -0.39 is 0 Å². The number of hydrogen-bond acceptors (Lipinski definition) is 5. The fourth-order valence-electron chi connectivity index (χ4n) is 4.35. The summed E-state index contributed by atoms with van der Waals surface area (Å²) >= 11 is 0. The van der Waals surface area contributed by atoms with Gasteiger partial charge in [-0.15, -0.1) is 0 Å². The summed E-state index contributed by atoms with van der Waals surface area (Å²) in [5, 5.41) is 0. The van der Waals surface area contributed by atoms with Crippen molar-refractivity contribution in [3.63, 3.8) is 0 Å². The van der Waals surface area contributed by atoms with Gasteiger partial charge >= 0.3 is 5.97 Å². The van der Waals surface area contributed by atoms with Crippen LogP contribution in [0.2, 0.25) is 0 Å². The Hall–Kier alpha value is -2.69. The second kappa shape index (κ2) is 11.8. The maximum atomic E-state index is 12.2. The third-order valence-electron chi connectivity index (χ3n) is 6.53. The van der Waals surface area contributed by atoms with E-state index in [-0.39, 0.29) is 22.9 Å². The fourth-order valence-corrected chi connectivity index (χ4v) is 4.35. The van der Waals surface area contributed by atoms with Crippen LogP contribution in [0.5, 0.6) is 23.0 Å². The average Bonchev–Trinajstić information content (AvgIpc) is 2.81. The Bertz CT molecular complexity index is 989. The minimum Gasteiger partial charge on any atom is -0.493 e. The molecule has 2 atom stereocenters. The highest BCUT2D eigenvalue weighted by molar-refractivity contribution is 5.75. The van der Waals surface area contributed by atoms with Gasteiger partial charge < -0.3 is 18.9 Å². The monoisotopic (exact) mass is 484 g/mol. The molecule has 0 aliphatic rings. The van der Waals surface area contributed by atoms with Gasteiger partial charge in [-0.2, -0.15) is 0 Å². The molecule has 0 saturated heterocycles. The summed E-state index contributed by atoms with van der Waals surface area (Å²) in [5.41, 5.74) is 1.67. The lowest BCUT2D eigenvalue weighted by atomic mass is 9.67. The van der Waals surface area contributed by atoms with E-state index in [4.69, 9.17) is 18.9 Å². The van der Waals surface area contributed by atoms with Crippen LogP contribution in [-0.2, 0) is 10.2 Å². The van der Waals surface area contributed by atoms with Gasteiger partial charge in [0.05, 0.1) is 20.1 Å². The molecule has 0 aromatic heterocycles. The van der Waals surface area contributed by atoms with E-state index >= 15 is 0 Å². The Morgan fingerprint density at radius 2 is 1.34 bits per heavy atom. The summed E-state index contributed by atoms with van der Waals surface area (Å²) in [6.07, 6.45) is 2.91. The van der Waals surface area contributed by atoms with Crippen molar-refractivity contribution in [2.45, 2.75) is 85.7 Å². The molecule has 0 amide bonds. The average molecular weight is 485 g/mol. The first-order valence-electron chi connectivity index (χ1n) is 12.7. The Balaban J connectivity index is 2.67. The topological polar surface area (TPSA) is 54.0 Å². The van der Waals surface area contributed by atoms with Crippen molar-refractivity contribution < 1.29 is 23.7 Å². The molecule has 194 valence electrons. The van der Waals surface area contributed by atoms with Crippen molar-refractivity contribution in [2.24, 2.45) is 11.8 Å². The first-order chi connectivity index (χ1) is 16.4. The van der Waals surface area contributed by atoms with Gasteiger partial charge in [-0.1, -0.05) is 53.2 Å². The summed E-state index contributed by atoms with van der Waals surface area (Å²) in [5.74, 6) is 2.43. The molecule has 2 aromatic carbocycles. The minimum atomic E-state index is -0.329. The van der Waals surface area contributed by atoms with Crippen LogP contribution in [0.3, 0.4) is 0 Å². The molecule has 2 rings (SSSR count). The lowest BCUT2D eigenvalue weighted by molar-refractivity contribution is -0.137. The van der Waals surface area contributed by atoms with Gasteiger partial charge in [0.2, 0.25) is 0 Å². The second-order valence-electron chi connectivity index (χ2n) is 10.7. The van der Waals surface area contributed by atoms with Crippen molar-refractivity contribution in [1.29, 1.82) is 0 Å². The van der Waals surface area contributed by atoms with Crippen molar-refractivity contribution in [1.82, 2.24) is 0 Å². The summed E-state index contributed by atoms with van der Waals surface area (Å²) in [4.78, 5) is 12.2. The number of benzene rings is 2. The molecule has 0 fully saturated rings. The summed E-state index contributed by atoms with van der Waals surface area (Å²) < 4.78 is 23.2. The fraction of sp³-hybridized carbons (Fsp3) is 0.567. The van der Waals surface area contributed by atoms with Crippen LogP contribution in [0, 0.1) is 11.8 Å². The van der Waals surface area contributed by atoms with Crippen LogP contribution in [0.4, 0.5) is 0 Å². The Labute approximate surface area is 212 Å². The molecular formula is C30H44O5. The molecule has 0 radical (unpaired) electrons. The highest BCUT2D eigenvalue weighted by Crippen LogP contribution is 2.46. The number of carbonyl (C=O) groups is 1. The van der Waals surface area contributed by atoms with Crippen LogP contribution in [-0.4, -0.2) is 25.8 Å². The van der Waals surface area contributed by atoms with Crippen molar-refractivity contribution in [3.05, 3.63) is 47.5 Å². The molecule has 2 aromatic rings. The van der Waals surface area contributed by atoms with Gasteiger partial charge in [0, 0.05) is 5.41 Å². The van der Waals surface area contributed by atoms with Crippen LogP contribution in [0.1, 0.15) is 85.8 Å². The third-order valence-corrected chi connectivity index (χ3v) is 6.53. The second-order valence-corrected chi connectivity index (χ2v) is 10.7. The van der Waals surface area contributed by atoms with E-state index in [1.165, 1.54) is 0 Å². The minimum absolute atomic E-state index is 0.221. The van der Waals surface area contributed by atoms with E-state index in [0.717, 1.165) is 36.1 Å². The number of carbonyl (C=O) groups excluding carboxylic acids is 1. The Morgan fingerprint density at radius 1 is 0.829 bits per heavy atom. The van der Waals surface area contributed by atoms with Gasteiger partial charge in [0.15, 0.2) is 23.0 Å². The quantitative estimate of drug-likeness (QED) is 0.243. The first-order valence-corrected chi connectivity index (χ1v) is 12.7. The molecule has 2 unspecified atom stereocenters. The van der Waals surface area contributed by atoms with Crippen LogP contribution < -0.4 is 18.9 Å². The number of methoxy groups -OCH3 is 2. The molecule has 35 heavy (non-hydrogen) atoms. The third kappa shape index (κ3) is 6.93. The van der Waals surface area contributed by atoms with E-state index in [2.05, 4.69) is 39.0 Å². The molecule has 0 aliphatic carbocycles. The maximum absolute atomic E-state index is 12.2. The number of ether oxygens (including phenoxy) is 4. The van der Waals surface area contributed by atoms with Crippen molar-refractivity contribution >= 4 is 5.97 Å².